The van der Waals surface area contributed by atoms with Crippen molar-refractivity contribution < 1.29 is 14.0 Å². The molecule has 43 heavy (non-hydrogen) atoms. The number of benzene rings is 1. The number of nitrogens with one attached hydrogen (secondary N) is 2. The van der Waals surface area contributed by atoms with E-state index in [2.05, 4.69) is 30.5 Å². The number of halogens is 2. The van der Waals surface area contributed by atoms with Gasteiger partial charge in [-0.2, -0.15) is 0 Å². The van der Waals surface area contributed by atoms with Crippen LogP contribution in [0.4, 0.5) is 15.9 Å². The zero-order chi connectivity index (χ0) is 30.3. The minimum absolute atomic E-state index is 0.0510. The second-order valence-electron chi connectivity index (χ2n) is 11.5. The Hall–Kier alpha value is -3.63. The van der Waals surface area contributed by atoms with Crippen LogP contribution in [0.5, 0.6) is 0 Å². The van der Waals surface area contributed by atoms with Crippen LogP contribution in [0.25, 0.3) is 11.4 Å². The zero-order valence-corrected chi connectivity index (χ0v) is 25.5. The molecule has 1 unspecified atom stereocenters. The van der Waals surface area contributed by atoms with Gasteiger partial charge in [0.15, 0.2) is 5.82 Å². The van der Waals surface area contributed by atoms with Gasteiger partial charge in [0.05, 0.1) is 22.9 Å². The molecule has 2 amide bonds. The van der Waals surface area contributed by atoms with Crippen molar-refractivity contribution >= 4 is 34.9 Å². The van der Waals surface area contributed by atoms with Crippen LogP contribution in [0.2, 0.25) is 5.02 Å². The average Bonchev–Trinajstić information content (AvgIpc) is 3.56. The van der Waals surface area contributed by atoms with Crippen molar-refractivity contribution in [2.75, 3.05) is 38.0 Å². The van der Waals surface area contributed by atoms with Crippen LogP contribution in [0.1, 0.15) is 74.2 Å². The second-order valence-corrected chi connectivity index (χ2v) is 11.9. The Labute approximate surface area is 257 Å². The van der Waals surface area contributed by atoms with Crippen LogP contribution in [0, 0.1) is 5.82 Å². The molecule has 11 heteroatoms. The molecule has 5 rings (SSSR count). The van der Waals surface area contributed by atoms with E-state index in [1.807, 2.05) is 18.7 Å². The number of piperidine rings is 1. The number of rotatable bonds is 10. The fraction of sp³-hybridized carbons (Fsp3) is 0.469. The Balaban J connectivity index is 1.25. The first-order valence-electron chi connectivity index (χ1n) is 15.2. The molecular weight excluding hydrogens is 569 g/mol. The number of carbonyl (C=O) groups excluding carboxylic acids is 2. The summed E-state index contributed by atoms with van der Waals surface area (Å²) in [5.41, 5.74) is 1.90. The molecule has 0 aliphatic carbocycles. The highest BCUT2D eigenvalue weighted by molar-refractivity contribution is 6.30. The van der Waals surface area contributed by atoms with Gasteiger partial charge in [-0.05, 0) is 68.8 Å². The first-order valence-corrected chi connectivity index (χ1v) is 15.5. The largest absolute Gasteiger partial charge is 0.352 e. The fourth-order valence-corrected chi connectivity index (χ4v) is 5.96. The Kier molecular flexibility index (Phi) is 10.2. The van der Waals surface area contributed by atoms with Crippen molar-refractivity contribution in [1.29, 1.82) is 0 Å². The fourth-order valence-electron chi connectivity index (χ4n) is 5.79. The molecule has 4 heterocycles. The van der Waals surface area contributed by atoms with Crippen molar-refractivity contribution in [3.8, 4) is 11.4 Å². The van der Waals surface area contributed by atoms with E-state index in [0.29, 0.717) is 28.6 Å². The molecule has 2 N–H and O–H groups in total. The van der Waals surface area contributed by atoms with Gasteiger partial charge in [-0.3, -0.25) is 19.5 Å². The van der Waals surface area contributed by atoms with Crippen molar-refractivity contribution in [3.63, 3.8) is 0 Å². The van der Waals surface area contributed by atoms with Gasteiger partial charge in [-0.1, -0.05) is 31.9 Å². The summed E-state index contributed by atoms with van der Waals surface area (Å²) in [6.45, 7) is 7.89. The normalized spacial score (nSPS) is 17.3. The molecule has 0 spiro atoms. The number of amides is 2. The van der Waals surface area contributed by atoms with E-state index < -0.39 is 5.82 Å². The molecule has 0 saturated carbocycles. The molecule has 2 aliphatic heterocycles. The predicted molar refractivity (Wildman–Crippen MR) is 166 cm³/mol. The number of hydrogen-bond donors (Lipinski definition) is 2. The van der Waals surface area contributed by atoms with Crippen LogP contribution < -0.4 is 10.6 Å². The third-order valence-corrected chi connectivity index (χ3v) is 8.39. The molecule has 1 atom stereocenters. The van der Waals surface area contributed by atoms with E-state index in [1.165, 1.54) is 24.4 Å². The van der Waals surface area contributed by atoms with Crippen LogP contribution in [-0.4, -0.2) is 75.3 Å². The van der Waals surface area contributed by atoms with Gasteiger partial charge >= 0.3 is 0 Å². The monoisotopic (exact) mass is 607 g/mol. The standard InChI is InChI=1S/C32H39ClFN7O2/c1-21(2)24-20-37-29(23-18-22(33)9-10-26(23)34)39-30(24)38-27-11-13-35-19-25(27)31(42)36-12-7-17-40-14-4-3-8-28(40)32(43)41-15-5-6-16-41/h9-11,13,18-21,28H,3-8,12,14-17H2,1-2H3,(H,36,42)(H,35,37,38,39). The average molecular weight is 608 g/mol. The van der Waals surface area contributed by atoms with Gasteiger partial charge in [0.2, 0.25) is 5.91 Å². The highest BCUT2D eigenvalue weighted by Gasteiger charge is 2.32. The molecule has 3 aromatic rings. The first-order chi connectivity index (χ1) is 20.8. The predicted octanol–water partition coefficient (Wildman–Crippen LogP) is 5.79. The summed E-state index contributed by atoms with van der Waals surface area (Å²) in [7, 11) is 0. The Morgan fingerprint density at radius 2 is 1.88 bits per heavy atom. The number of hydrogen-bond acceptors (Lipinski definition) is 7. The van der Waals surface area contributed by atoms with Crippen LogP contribution in [-0.2, 0) is 4.79 Å². The molecule has 0 radical (unpaired) electrons. The summed E-state index contributed by atoms with van der Waals surface area (Å²) >= 11 is 6.11. The van der Waals surface area contributed by atoms with Gasteiger partial charge in [0.1, 0.15) is 11.6 Å². The summed E-state index contributed by atoms with van der Waals surface area (Å²) < 4.78 is 14.6. The third kappa shape index (κ3) is 7.48. The highest BCUT2D eigenvalue weighted by Crippen LogP contribution is 2.30. The lowest BCUT2D eigenvalue weighted by Crippen LogP contribution is -2.50. The maximum atomic E-state index is 14.6. The quantitative estimate of drug-likeness (QED) is 0.281. The number of anilines is 2. The molecule has 1 aromatic carbocycles. The van der Waals surface area contributed by atoms with E-state index >= 15 is 0 Å². The van der Waals surface area contributed by atoms with E-state index in [1.54, 1.807) is 18.5 Å². The lowest BCUT2D eigenvalue weighted by atomic mass is 10.0. The zero-order valence-electron chi connectivity index (χ0n) is 24.8. The Morgan fingerprint density at radius 1 is 1.09 bits per heavy atom. The maximum absolute atomic E-state index is 14.6. The Morgan fingerprint density at radius 3 is 2.67 bits per heavy atom. The van der Waals surface area contributed by atoms with Crippen LogP contribution in [0.3, 0.4) is 0 Å². The number of nitrogens with zero attached hydrogens (tertiary/aromatic N) is 5. The van der Waals surface area contributed by atoms with E-state index in [9.17, 15) is 14.0 Å². The summed E-state index contributed by atoms with van der Waals surface area (Å²) in [6.07, 6.45) is 10.8. The van der Waals surface area contributed by atoms with Gasteiger partial charge in [-0.25, -0.2) is 14.4 Å². The van der Waals surface area contributed by atoms with Gasteiger partial charge < -0.3 is 15.5 Å². The highest BCUT2D eigenvalue weighted by atomic mass is 35.5. The van der Waals surface area contributed by atoms with E-state index in [-0.39, 0.29) is 35.2 Å². The molecule has 0 bridgehead atoms. The van der Waals surface area contributed by atoms with Crippen molar-refractivity contribution in [1.82, 2.24) is 30.1 Å². The lowest BCUT2D eigenvalue weighted by Gasteiger charge is -2.36. The number of likely N-dealkylation sites (tertiary alicyclic amines) is 2. The van der Waals surface area contributed by atoms with Crippen LogP contribution in [0.15, 0.2) is 42.9 Å². The first kappa shape index (κ1) is 30.8. The van der Waals surface area contributed by atoms with Gasteiger partial charge in [0.25, 0.3) is 5.91 Å². The van der Waals surface area contributed by atoms with Crippen LogP contribution >= 0.6 is 11.6 Å². The lowest BCUT2D eigenvalue weighted by molar-refractivity contribution is -0.137. The topological polar surface area (TPSA) is 103 Å². The minimum Gasteiger partial charge on any atom is -0.352 e. The molecule has 9 nitrogen and oxygen atoms in total. The second kappa shape index (κ2) is 14.2. The summed E-state index contributed by atoms with van der Waals surface area (Å²) in [4.78, 5) is 43.9. The summed E-state index contributed by atoms with van der Waals surface area (Å²) in [5.74, 6) is 0.243. The number of pyridine rings is 1. The van der Waals surface area contributed by atoms with E-state index in [4.69, 9.17) is 11.6 Å². The Bertz CT molecular complexity index is 1450. The van der Waals surface area contributed by atoms with Gasteiger partial charge in [-0.15, -0.1) is 0 Å². The van der Waals surface area contributed by atoms with Crippen molar-refractivity contribution in [2.24, 2.45) is 0 Å². The molecule has 2 fully saturated rings. The smallest absolute Gasteiger partial charge is 0.254 e. The summed E-state index contributed by atoms with van der Waals surface area (Å²) in [5, 5.41) is 6.67. The SMILES string of the molecule is CC(C)c1cnc(-c2cc(Cl)ccc2F)nc1Nc1ccncc1C(=O)NCCCN1CCCCC1C(=O)N1CCCC1. The minimum atomic E-state index is -0.479. The molecule has 2 saturated heterocycles. The molecular formula is C32H39ClFN7O2. The number of aromatic nitrogens is 3. The number of carbonyl (C=O) groups is 2. The summed E-state index contributed by atoms with van der Waals surface area (Å²) in [6, 6.07) is 5.91. The van der Waals surface area contributed by atoms with Crippen molar-refractivity contribution in [3.05, 3.63) is 64.8 Å². The maximum Gasteiger partial charge on any atom is 0.254 e. The van der Waals surface area contributed by atoms with E-state index in [0.717, 1.165) is 70.3 Å². The molecule has 2 aromatic heterocycles. The van der Waals surface area contributed by atoms with Gasteiger partial charge in [0, 0.05) is 55.4 Å². The van der Waals surface area contributed by atoms with Crippen molar-refractivity contribution in [2.45, 2.75) is 64.3 Å². The molecule has 228 valence electrons. The molecule has 2 aliphatic rings. The third-order valence-electron chi connectivity index (χ3n) is 8.15.